The lowest BCUT2D eigenvalue weighted by Crippen LogP contribution is -2.49. The number of aromatic amines is 1. The van der Waals surface area contributed by atoms with Crippen molar-refractivity contribution < 1.29 is 27.6 Å². The maximum absolute atomic E-state index is 15.4. The van der Waals surface area contributed by atoms with Crippen molar-refractivity contribution in [3.05, 3.63) is 47.3 Å². The number of piperazine rings is 1. The number of aryl methyl sites for hydroxylation is 1. The lowest BCUT2D eigenvalue weighted by atomic mass is 9.76. The summed E-state index contributed by atoms with van der Waals surface area (Å²) in [7, 11) is 0.783. The van der Waals surface area contributed by atoms with Crippen LogP contribution in [0, 0.1) is 11.6 Å². The van der Waals surface area contributed by atoms with Crippen molar-refractivity contribution in [2.45, 2.75) is 52.2 Å². The van der Waals surface area contributed by atoms with Gasteiger partial charge in [0.1, 0.15) is 17.3 Å². The van der Waals surface area contributed by atoms with Crippen LogP contribution in [0.25, 0.3) is 10.9 Å². The number of carbonyl (C=O) groups excluding carboxylic acids is 1. The number of fused-ring (bicyclic) bond motifs is 1. The van der Waals surface area contributed by atoms with Gasteiger partial charge in [-0.15, -0.1) is 0 Å². The molecule has 2 aliphatic heterocycles. The molecule has 2 saturated heterocycles. The van der Waals surface area contributed by atoms with Gasteiger partial charge in [0.15, 0.2) is 11.6 Å². The minimum absolute atomic E-state index is 0.225. The fourth-order valence-electron chi connectivity index (χ4n) is 4.98. The summed E-state index contributed by atoms with van der Waals surface area (Å²) in [4.78, 5) is 24.4. The molecule has 0 unspecified atom stereocenters. The second-order valence-electron chi connectivity index (χ2n) is 10.8. The number of halogens is 2. The first kappa shape index (κ1) is 26.4. The standard InChI is InChI=1S/C27H33BF2N4O4/c1-7-16-12-19(28-37-26(2,3)27(4,5)38-28)18-14-20(32-23(18)22(16)30)25(35)34-10-8-33(9-11-34)24-21(36-6)13-17(29)15-31-24/h12-15,32H,7-11H2,1-6H3. The summed E-state index contributed by atoms with van der Waals surface area (Å²) in [6.45, 7) is 11.6. The third-order valence-corrected chi connectivity index (χ3v) is 7.96. The number of amides is 1. The predicted octanol–water partition coefficient (Wildman–Crippen LogP) is 3.67. The Morgan fingerprint density at radius 2 is 1.76 bits per heavy atom. The summed E-state index contributed by atoms with van der Waals surface area (Å²) in [6.07, 6.45) is 1.63. The molecule has 1 aromatic carbocycles. The summed E-state index contributed by atoms with van der Waals surface area (Å²) >= 11 is 0. The average molecular weight is 526 g/mol. The van der Waals surface area contributed by atoms with Gasteiger partial charge in [0.2, 0.25) is 0 Å². The van der Waals surface area contributed by atoms with Gasteiger partial charge in [-0.25, -0.2) is 13.8 Å². The average Bonchev–Trinajstić information content (AvgIpc) is 3.42. The van der Waals surface area contributed by atoms with Crippen molar-refractivity contribution in [1.29, 1.82) is 0 Å². The smallest absolute Gasteiger partial charge is 0.493 e. The third-order valence-electron chi connectivity index (χ3n) is 7.96. The first-order valence-electron chi connectivity index (χ1n) is 12.9. The van der Waals surface area contributed by atoms with Crippen LogP contribution in [0.1, 0.15) is 50.7 Å². The van der Waals surface area contributed by atoms with E-state index in [0.29, 0.717) is 66.3 Å². The van der Waals surface area contributed by atoms with Crippen LogP contribution < -0.4 is 15.1 Å². The van der Waals surface area contributed by atoms with E-state index < -0.39 is 24.1 Å². The Morgan fingerprint density at radius 1 is 1.11 bits per heavy atom. The van der Waals surface area contributed by atoms with Crippen LogP contribution in [0.2, 0.25) is 0 Å². The van der Waals surface area contributed by atoms with Crippen LogP contribution in [-0.4, -0.2) is 72.4 Å². The van der Waals surface area contributed by atoms with Crippen LogP contribution in [0.15, 0.2) is 24.4 Å². The second-order valence-corrected chi connectivity index (χ2v) is 10.8. The number of nitrogens with zero attached hydrogens (tertiary/aromatic N) is 3. The molecule has 4 heterocycles. The number of nitrogens with one attached hydrogen (secondary N) is 1. The highest BCUT2D eigenvalue weighted by molar-refractivity contribution is 6.65. The van der Waals surface area contributed by atoms with Crippen LogP contribution in [-0.2, 0) is 15.7 Å². The first-order valence-corrected chi connectivity index (χ1v) is 12.9. The van der Waals surface area contributed by atoms with Crippen LogP contribution >= 0.6 is 0 Å². The lowest BCUT2D eigenvalue weighted by Gasteiger charge is -2.35. The van der Waals surface area contributed by atoms with Crippen LogP contribution in [0.5, 0.6) is 5.75 Å². The molecule has 2 aromatic heterocycles. The number of anilines is 1. The molecule has 0 spiro atoms. The first-order chi connectivity index (χ1) is 18.0. The normalized spacial score (nSPS) is 18.9. The highest BCUT2D eigenvalue weighted by Gasteiger charge is 2.52. The van der Waals surface area contributed by atoms with Crippen LogP contribution in [0.4, 0.5) is 14.6 Å². The fraction of sp³-hybridized carbons (Fsp3) is 0.481. The highest BCUT2D eigenvalue weighted by atomic mass is 19.1. The minimum Gasteiger partial charge on any atom is -0.493 e. The number of ether oxygens (including phenoxy) is 1. The van der Waals surface area contributed by atoms with Gasteiger partial charge in [0, 0.05) is 37.6 Å². The van der Waals surface area contributed by atoms with E-state index in [1.54, 1.807) is 17.0 Å². The molecular formula is C27H33BF2N4O4. The third kappa shape index (κ3) is 4.41. The van der Waals surface area contributed by atoms with Crippen LogP contribution in [0.3, 0.4) is 0 Å². The number of methoxy groups -OCH3 is 1. The molecule has 5 rings (SSSR count). The van der Waals surface area contributed by atoms with E-state index in [4.69, 9.17) is 14.0 Å². The topological polar surface area (TPSA) is 79.9 Å². The van der Waals surface area contributed by atoms with E-state index in [0.717, 1.165) is 6.20 Å². The van der Waals surface area contributed by atoms with E-state index in [2.05, 4.69) is 9.97 Å². The molecule has 11 heteroatoms. The van der Waals surface area contributed by atoms with Crippen molar-refractivity contribution in [2.24, 2.45) is 0 Å². The molecule has 0 atom stereocenters. The van der Waals surface area contributed by atoms with Gasteiger partial charge < -0.3 is 28.8 Å². The summed E-state index contributed by atoms with van der Waals surface area (Å²) in [5.74, 6) is -0.194. The van der Waals surface area contributed by atoms with E-state index in [1.165, 1.54) is 13.2 Å². The minimum atomic E-state index is -0.686. The molecule has 0 saturated carbocycles. The van der Waals surface area contributed by atoms with Gasteiger partial charge in [-0.05, 0) is 51.2 Å². The summed E-state index contributed by atoms with van der Waals surface area (Å²) in [5.41, 5.74) is 0.694. The van der Waals surface area contributed by atoms with Gasteiger partial charge in [-0.1, -0.05) is 13.0 Å². The number of hydrogen-bond acceptors (Lipinski definition) is 6. The van der Waals surface area contributed by atoms with E-state index in [-0.39, 0.29) is 17.2 Å². The molecule has 1 N–H and O–H groups in total. The molecule has 8 nitrogen and oxygen atoms in total. The zero-order valence-electron chi connectivity index (χ0n) is 22.7. The molecule has 202 valence electrons. The Kier molecular flexibility index (Phi) is 6.63. The van der Waals surface area contributed by atoms with E-state index in [9.17, 15) is 9.18 Å². The molecular weight excluding hydrogens is 493 g/mol. The molecule has 0 aliphatic carbocycles. The number of carbonyl (C=O) groups is 1. The fourth-order valence-corrected chi connectivity index (χ4v) is 4.98. The molecule has 38 heavy (non-hydrogen) atoms. The zero-order chi connectivity index (χ0) is 27.4. The van der Waals surface area contributed by atoms with Crippen molar-refractivity contribution in [2.75, 3.05) is 38.2 Å². The summed E-state index contributed by atoms with van der Waals surface area (Å²) < 4.78 is 46.8. The van der Waals surface area contributed by atoms with Gasteiger partial charge in [-0.3, -0.25) is 4.79 Å². The Bertz CT molecular complexity index is 1370. The molecule has 3 aromatic rings. The lowest BCUT2D eigenvalue weighted by molar-refractivity contribution is 0.00578. The number of hydrogen-bond donors (Lipinski definition) is 1. The van der Waals surface area contributed by atoms with Crippen molar-refractivity contribution in [3.8, 4) is 5.75 Å². The number of pyridine rings is 1. The second kappa shape index (κ2) is 9.53. The maximum Gasteiger partial charge on any atom is 0.495 e. The van der Waals surface area contributed by atoms with E-state index in [1.807, 2.05) is 39.5 Å². The van der Waals surface area contributed by atoms with Crippen molar-refractivity contribution >= 4 is 35.2 Å². The van der Waals surface area contributed by atoms with Gasteiger partial charge in [0.25, 0.3) is 5.91 Å². The molecule has 0 bridgehead atoms. The monoisotopic (exact) mass is 526 g/mol. The Labute approximate surface area is 221 Å². The summed E-state index contributed by atoms with van der Waals surface area (Å²) in [6, 6.07) is 4.77. The number of H-pyrrole nitrogens is 1. The molecule has 0 radical (unpaired) electrons. The van der Waals surface area contributed by atoms with Crippen molar-refractivity contribution in [3.63, 3.8) is 0 Å². The number of aromatic nitrogens is 2. The summed E-state index contributed by atoms with van der Waals surface area (Å²) in [5, 5.41) is 0.570. The quantitative estimate of drug-likeness (QED) is 0.512. The molecule has 2 fully saturated rings. The van der Waals surface area contributed by atoms with Crippen molar-refractivity contribution in [1.82, 2.24) is 14.9 Å². The van der Waals surface area contributed by atoms with Gasteiger partial charge >= 0.3 is 7.12 Å². The molecule has 1 amide bonds. The van der Waals surface area contributed by atoms with Gasteiger partial charge in [-0.2, -0.15) is 0 Å². The zero-order valence-corrected chi connectivity index (χ0v) is 22.7. The number of benzene rings is 1. The van der Waals surface area contributed by atoms with E-state index >= 15 is 4.39 Å². The number of rotatable bonds is 5. The molecule has 2 aliphatic rings. The Balaban J connectivity index is 1.41. The largest absolute Gasteiger partial charge is 0.495 e. The van der Waals surface area contributed by atoms with Gasteiger partial charge in [0.05, 0.1) is 30.0 Å². The predicted molar refractivity (Wildman–Crippen MR) is 142 cm³/mol. The Hall–Kier alpha value is -3.18. The Morgan fingerprint density at radius 3 is 2.37 bits per heavy atom. The maximum atomic E-state index is 15.4. The SMILES string of the molecule is CCc1cc(B2OC(C)(C)C(C)(C)O2)c2cc(C(=O)N3CCN(c4ncc(F)cc4OC)CC3)[nH]c2c1F. The highest BCUT2D eigenvalue weighted by Crippen LogP contribution is 2.37.